The van der Waals surface area contributed by atoms with E-state index >= 15 is 0 Å². The lowest BCUT2D eigenvalue weighted by Gasteiger charge is -2.25. The number of nitrogens with one attached hydrogen (secondary N) is 1. The van der Waals surface area contributed by atoms with Crippen molar-refractivity contribution in [2.45, 2.75) is 32.6 Å². The number of carbonyl (C=O) groups excluding carboxylic acids is 1. The van der Waals surface area contributed by atoms with Crippen molar-refractivity contribution in [3.8, 4) is 0 Å². The number of benzene rings is 2. The Hall–Kier alpha value is -2.97. The summed E-state index contributed by atoms with van der Waals surface area (Å²) in [5.74, 6) is -0.521. The fraction of sp³-hybridized carbons (Fsp3) is 0.217. The third-order valence-corrected chi connectivity index (χ3v) is 7.51. The predicted molar refractivity (Wildman–Crippen MR) is 126 cm³/mol. The minimum Gasteiger partial charge on any atom is -0.271 e. The van der Waals surface area contributed by atoms with Crippen LogP contribution in [0.5, 0.6) is 0 Å². The van der Waals surface area contributed by atoms with E-state index in [1.807, 2.05) is 50.4 Å². The molecule has 0 aliphatic heterocycles. The summed E-state index contributed by atoms with van der Waals surface area (Å²) in [7, 11) is -3.96. The zero-order chi connectivity index (χ0) is 22.6. The minimum atomic E-state index is -3.96. The Morgan fingerprint density at radius 3 is 2.35 bits per heavy atom. The Kier molecular flexibility index (Phi) is 6.92. The third kappa shape index (κ3) is 5.39. The average molecular weight is 456 g/mol. The molecule has 1 N–H and O–H groups in total. The van der Waals surface area contributed by atoms with Crippen molar-refractivity contribution < 1.29 is 13.2 Å². The second kappa shape index (κ2) is 9.45. The van der Waals surface area contributed by atoms with Crippen molar-refractivity contribution in [1.82, 2.24) is 5.43 Å². The Morgan fingerprint density at radius 1 is 1.03 bits per heavy atom. The van der Waals surface area contributed by atoms with Crippen molar-refractivity contribution in [3.63, 3.8) is 0 Å². The van der Waals surface area contributed by atoms with Gasteiger partial charge in [0.15, 0.2) is 0 Å². The smallest absolute Gasteiger partial charge is 0.264 e. The molecule has 31 heavy (non-hydrogen) atoms. The van der Waals surface area contributed by atoms with Gasteiger partial charge in [-0.3, -0.25) is 9.10 Å². The van der Waals surface area contributed by atoms with E-state index in [0.717, 1.165) is 25.9 Å². The molecule has 1 amide bonds. The molecule has 0 aliphatic rings. The number of carbonyl (C=O) groups is 1. The van der Waals surface area contributed by atoms with Crippen molar-refractivity contribution in [3.05, 3.63) is 81.5 Å². The monoisotopic (exact) mass is 455 g/mol. The van der Waals surface area contributed by atoms with E-state index in [1.165, 1.54) is 11.3 Å². The summed E-state index contributed by atoms with van der Waals surface area (Å²) in [5, 5.41) is 6.05. The molecule has 0 bridgehead atoms. The molecule has 0 unspecified atom stereocenters. The van der Waals surface area contributed by atoms with Crippen LogP contribution in [0, 0.1) is 20.8 Å². The largest absolute Gasteiger partial charge is 0.271 e. The lowest BCUT2D eigenvalue weighted by atomic mass is 10.1. The van der Waals surface area contributed by atoms with Gasteiger partial charge in [0, 0.05) is 4.88 Å². The Morgan fingerprint density at radius 2 is 1.71 bits per heavy atom. The molecule has 2 aromatic carbocycles. The predicted octanol–water partition coefficient (Wildman–Crippen LogP) is 4.41. The Labute approximate surface area is 187 Å². The molecular formula is C23H25N3O3S2. The summed E-state index contributed by atoms with van der Waals surface area (Å²) in [5.41, 5.74) is 6.22. The summed E-state index contributed by atoms with van der Waals surface area (Å²) in [6.07, 6.45) is 0. The number of rotatable bonds is 7. The summed E-state index contributed by atoms with van der Waals surface area (Å²) in [6.45, 7) is 7.00. The number of hydrogen-bond donors (Lipinski definition) is 1. The van der Waals surface area contributed by atoms with Crippen LogP contribution in [-0.4, -0.2) is 26.6 Å². The molecule has 0 saturated carbocycles. The molecule has 0 saturated heterocycles. The number of anilines is 1. The van der Waals surface area contributed by atoms with E-state index in [1.54, 1.807) is 37.3 Å². The topological polar surface area (TPSA) is 78.8 Å². The van der Waals surface area contributed by atoms with Crippen LogP contribution in [0.4, 0.5) is 5.69 Å². The first-order valence-corrected chi connectivity index (χ1v) is 12.0. The quantitative estimate of drug-likeness (QED) is 0.423. The van der Waals surface area contributed by atoms with Crippen LogP contribution in [-0.2, 0) is 14.8 Å². The first kappa shape index (κ1) is 22.7. The first-order valence-electron chi connectivity index (χ1n) is 9.72. The molecule has 162 valence electrons. The van der Waals surface area contributed by atoms with Crippen molar-refractivity contribution in [2.75, 3.05) is 10.8 Å². The maximum absolute atomic E-state index is 13.5. The zero-order valence-corrected chi connectivity index (χ0v) is 19.5. The Bertz CT molecular complexity index is 1200. The fourth-order valence-electron chi connectivity index (χ4n) is 2.98. The summed E-state index contributed by atoms with van der Waals surface area (Å²) >= 11 is 1.51. The zero-order valence-electron chi connectivity index (χ0n) is 17.9. The van der Waals surface area contributed by atoms with Gasteiger partial charge in [0.2, 0.25) is 0 Å². The van der Waals surface area contributed by atoms with Crippen molar-refractivity contribution >= 4 is 38.7 Å². The number of thiophene rings is 1. The normalized spacial score (nSPS) is 11.9. The van der Waals surface area contributed by atoms with Crippen LogP contribution >= 0.6 is 11.3 Å². The van der Waals surface area contributed by atoms with E-state index < -0.39 is 15.9 Å². The summed E-state index contributed by atoms with van der Waals surface area (Å²) in [6, 6.07) is 15.9. The lowest BCUT2D eigenvalue weighted by Crippen LogP contribution is -2.40. The van der Waals surface area contributed by atoms with Gasteiger partial charge in [-0.05, 0) is 68.5 Å². The van der Waals surface area contributed by atoms with Crippen LogP contribution in [0.3, 0.4) is 0 Å². The molecule has 0 spiro atoms. The molecule has 1 aromatic heterocycles. The van der Waals surface area contributed by atoms with Crippen LogP contribution in [0.15, 0.2) is 70.0 Å². The van der Waals surface area contributed by atoms with E-state index in [0.29, 0.717) is 11.4 Å². The lowest BCUT2D eigenvalue weighted by molar-refractivity contribution is -0.119. The molecule has 0 aliphatic carbocycles. The van der Waals surface area contributed by atoms with E-state index in [4.69, 9.17) is 0 Å². The van der Waals surface area contributed by atoms with Gasteiger partial charge in [-0.1, -0.05) is 35.9 Å². The standard InChI is InChI=1S/C23H25N3O3S2/c1-16-8-11-20(12-9-16)31(28,29)26(21-14-17(2)7-10-18(21)3)15-23(27)25-24-19(4)22-6-5-13-30-22/h5-14H,15H2,1-4H3,(H,25,27)/b24-19-. The van der Waals surface area contributed by atoms with Crippen LogP contribution in [0.2, 0.25) is 0 Å². The van der Waals surface area contributed by atoms with Gasteiger partial charge in [0.25, 0.3) is 15.9 Å². The highest BCUT2D eigenvalue weighted by Crippen LogP contribution is 2.28. The SMILES string of the molecule is C/C(=N/NC(=O)CN(c1cc(C)ccc1C)S(=O)(=O)c1ccc(C)cc1)c1cccs1. The average Bonchev–Trinajstić information content (AvgIpc) is 3.27. The van der Waals surface area contributed by atoms with Gasteiger partial charge in [-0.2, -0.15) is 5.10 Å². The van der Waals surface area contributed by atoms with Crippen LogP contribution < -0.4 is 9.73 Å². The molecule has 8 heteroatoms. The number of hydrazone groups is 1. The van der Waals surface area contributed by atoms with Gasteiger partial charge >= 0.3 is 0 Å². The highest BCUT2D eigenvalue weighted by atomic mass is 32.2. The molecule has 0 radical (unpaired) electrons. The van der Waals surface area contributed by atoms with Crippen molar-refractivity contribution in [2.24, 2.45) is 5.10 Å². The van der Waals surface area contributed by atoms with Gasteiger partial charge in [-0.25, -0.2) is 13.8 Å². The van der Waals surface area contributed by atoms with Gasteiger partial charge < -0.3 is 0 Å². The van der Waals surface area contributed by atoms with Crippen LogP contribution in [0.1, 0.15) is 28.5 Å². The number of sulfonamides is 1. The first-order chi connectivity index (χ1) is 14.7. The highest BCUT2D eigenvalue weighted by Gasteiger charge is 2.28. The molecule has 3 rings (SSSR count). The van der Waals surface area contributed by atoms with E-state index in [9.17, 15) is 13.2 Å². The van der Waals surface area contributed by atoms with Crippen LogP contribution in [0.25, 0.3) is 0 Å². The van der Waals surface area contributed by atoms with E-state index in [-0.39, 0.29) is 11.4 Å². The molecular weight excluding hydrogens is 430 g/mol. The number of nitrogens with zero attached hydrogens (tertiary/aromatic N) is 2. The van der Waals surface area contributed by atoms with E-state index in [2.05, 4.69) is 10.5 Å². The minimum absolute atomic E-state index is 0.130. The molecule has 0 atom stereocenters. The summed E-state index contributed by atoms with van der Waals surface area (Å²) < 4.78 is 28.1. The highest BCUT2D eigenvalue weighted by molar-refractivity contribution is 7.92. The molecule has 0 fully saturated rings. The number of aryl methyl sites for hydroxylation is 3. The van der Waals surface area contributed by atoms with Gasteiger partial charge in [0.1, 0.15) is 6.54 Å². The van der Waals surface area contributed by atoms with Gasteiger partial charge in [-0.15, -0.1) is 11.3 Å². The second-order valence-corrected chi connectivity index (χ2v) is 10.1. The molecule has 6 nitrogen and oxygen atoms in total. The van der Waals surface area contributed by atoms with Crippen molar-refractivity contribution in [1.29, 1.82) is 0 Å². The second-order valence-electron chi connectivity index (χ2n) is 7.32. The molecule has 3 aromatic rings. The molecule has 1 heterocycles. The number of hydrogen-bond acceptors (Lipinski definition) is 5. The Balaban J connectivity index is 1.94. The van der Waals surface area contributed by atoms with Gasteiger partial charge in [0.05, 0.1) is 16.3 Å². The fourth-order valence-corrected chi connectivity index (χ4v) is 5.13. The number of amides is 1. The third-order valence-electron chi connectivity index (χ3n) is 4.76. The maximum Gasteiger partial charge on any atom is 0.264 e. The summed E-state index contributed by atoms with van der Waals surface area (Å²) in [4.78, 5) is 13.8. The maximum atomic E-state index is 13.5.